The SMILES string of the molecule is CN(CCN1CC[C@H]2[C@@H](C1)c1cccc3c1N2CCCS3)C(=O)c1ccccc1. The minimum absolute atomic E-state index is 0.113. The fraction of sp³-hybridized carbons (Fsp3) is 0.458. The summed E-state index contributed by atoms with van der Waals surface area (Å²) >= 11 is 2.03. The maximum Gasteiger partial charge on any atom is 0.253 e. The number of rotatable bonds is 4. The zero-order valence-corrected chi connectivity index (χ0v) is 17.9. The third kappa shape index (κ3) is 3.55. The van der Waals surface area contributed by atoms with Crippen molar-refractivity contribution >= 4 is 23.4 Å². The summed E-state index contributed by atoms with van der Waals surface area (Å²) in [4.78, 5) is 21.3. The van der Waals surface area contributed by atoms with Gasteiger partial charge in [-0.1, -0.05) is 30.3 Å². The van der Waals surface area contributed by atoms with Crippen LogP contribution in [0.15, 0.2) is 53.4 Å². The Morgan fingerprint density at radius 3 is 2.86 bits per heavy atom. The molecule has 152 valence electrons. The Hall–Kier alpha value is -1.98. The number of thioether (sulfide) groups is 1. The Bertz CT molecular complexity index is 887. The number of nitrogens with zero attached hydrogens (tertiary/aromatic N) is 3. The number of carbonyl (C=O) groups excluding carboxylic acids is 1. The summed E-state index contributed by atoms with van der Waals surface area (Å²) < 4.78 is 0. The van der Waals surface area contributed by atoms with Crippen LogP contribution in [0.25, 0.3) is 0 Å². The van der Waals surface area contributed by atoms with Gasteiger partial charge in [0.2, 0.25) is 0 Å². The Morgan fingerprint density at radius 1 is 1.14 bits per heavy atom. The lowest BCUT2D eigenvalue weighted by Gasteiger charge is -2.39. The molecule has 5 rings (SSSR count). The van der Waals surface area contributed by atoms with Crippen molar-refractivity contribution in [3.63, 3.8) is 0 Å². The predicted molar refractivity (Wildman–Crippen MR) is 120 cm³/mol. The van der Waals surface area contributed by atoms with Crippen LogP contribution >= 0.6 is 11.8 Å². The Balaban J connectivity index is 1.26. The Morgan fingerprint density at radius 2 is 2.00 bits per heavy atom. The molecule has 0 aromatic heterocycles. The third-order valence-corrected chi connectivity index (χ3v) is 7.83. The highest BCUT2D eigenvalue weighted by Gasteiger charge is 2.43. The number of para-hydroxylation sites is 1. The first kappa shape index (κ1) is 19.0. The van der Waals surface area contributed by atoms with E-state index in [2.05, 4.69) is 28.0 Å². The van der Waals surface area contributed by atoms with E-state index in [1.165, 1.54) is 35.7 Å². The van der Waals surface area contributed by atoms with Gasteiger partial charge in [-0.15, -0.1) is 11.8 Å². The molecule has 0 radical (unpaired) electrons. The number of fused-ring (bicyclic) bond motifs is 3. The van der Waals surface area contributed by atoms with Gasteiger partial charge in [-0.2, -0.15) is 0 Å². The molecule has 0 N–H and O–H groups in total. The number of carbonyl (C=O) groups is 1. The third-order valence-electron chi connectivity index (χ3n) is 6.70. The van der Waals surface area contributed by atoms with Crippen LogP contribution in [-0.4, -0.2) is 67.3 Å². The molecule has 29 heavy (non-hydrogen) atoms. The lowest BCUT2D eigenvalue weighted by molar-refractivity contribution is 0.0768. The molecule has 2 aromatic rings. The van der Waals surface area contributed by atoms with Crippen molar-refractivity contribution in [3.8, 4) is 0 Å². The summed E-state index contributed by atoms with van der Waals surface area (Å²) in [6.07, 6.45) is 2.50. The van der Waals surface area contributed by atoms with Crippen LogP contribution in [0.4, 0.5) is 5.69 Å². The van der Waals surface area contributed by atoms with Crippen molar-refractivity contribution in [2.24, 2.45) is 0 Å². The van der Waals surface area contributed by atoms with E-state index < -0.39 is 0 Å². The number of likely N-dealkylation sites (N-methyl/N-ethyl adjacent to an activating group) is 1. The molecule has 0 spiro atoms. The van der Waals surface area contributed by atoms with Crippen LogP contribution in [0.2, 0.25) is 0 Å². The highest BCUT2D eigenvalue weighted by molar-refractivity contribution is 7.99. The molecule has 1 amide bonds. The Kier molecular flexibility index (Phi) is 5.27. The van der Waals surface area contributed by atoms with Crippen molar-refractivity contribution in [2.45, 2.75) is 29.7 Å². The van der Waals surface area contributed by atoms with Crippen LogP contribution < -0.4 is 4.90 Å². The molecule has 3 aliphatic heterocycles. The molecular weight excluding hydrogens is 378 g/mol. The molecule has 0 aliphatic carbocycles. The summed E-state index contributed by atoms with van der Waals surface area (Å²) in [5.74, 6) is 1.95. The molecular formula is C24H29N3OS. The minimum atomic E-state index is 0.113. The topological polar surface area (TPSA) is 26.8 Å². The summed E-state index contributed by atoms with van der Waals surface area (Å²) in [7, 11) is 1.92. The minimum Gasteiger partial charge on any atom is -0.367 e. The molecule has 1 fully saturated rings. The van der Waals surface area contributed by atoms with Crippen LogP contribution in [0.5, 0.6) is 0 Å². The van der Waals surface area contributed by atoms with Crippen LogP contribution in [0.1, 0.15) is 34.7 Å². The van der Waals surface area contributed by atoms with E-state index in [9.17, 15) is 4.79 Å². The summed E-state index contributed by atoms with van der Waals surface area (Å²) in [6.45, 7) is 5.16. The van der Waals surface area contributed by atoms with Gasteiger partial charge in [0, 0.05) is 62.2 Å². The number of likely N-dealkylation sites (tertiary alicyclic amines) is 1. The van der Waals surface area contributed by atoms with E-state index >= 15 is 0 Å². The van der Waals surface area contributed by atoms with Gasteiger partial charge < -0.3 is 14.7 Å². The molecule has 0 unspecified atom stereocenters. The molecule has 0 saturated carbocycles. The number of hydrogen-bond acceptors (Lipinski definition) is 4. The fourth-order valence-corrected chi connectivity index (χ4v) is 6.25. The first-order valence-electron chi connectivity index (χ1n) is 10.8. The van der Waals surface area contributed by atoms with Gasteiger partial charge in [-0.3, -0.25) is 4.79 Å². The van der Waals surface area contributed by atoms with Gasteiger partial charge in [0.25, 0.3) is 5.91 Å². The average molecular weight is 408 g/mol. The zero-order chi connectivity index (χ0) is 19.8. The van der Waals surface area contributed by atoms with Crippen molar-refractivity contribution in [1.29, 1.82) is 0 Å². The number of benzene rings is 2. The molecule has 5 heteroatoms. The second-order valence-corrected chi connectivity index (χ2v) is 9.58. The standard InChI is InChI=1S/C24H29N3OS/c1-25(24(28)18-7-3-2-4-8-18)14-15-26-13-11-21-20(17-26)19-9-5-10-22-23(19)27(21)12-6-16-29-22/h2-5,7-10,20-21H,6,11-17H2,1H3/t20-,21-/m0/s1. The van der Waals surface area contributed by atoms with E-state index in [0.717, 1.165) is 31.7 Å². The van der Waals surface area contributed by atoms with Crippen LogP contribution in [0.3, 0.4) is 0 Å². The molecule has 0 bridgehead atoms. The lowest BCUT2D eigenvalue weighted by atomic mass is 9.89. The highest BCUT2D eigenvalue weighted by atomic mass is 32.2. The van der Waals surface area contributed by atoms with Gasteiger partial charge in [-0.25, -0.2) is 0 Å². The van der Waals surface area contributed by atoms with Gasteiger partial charge >= 0.3 is 0 Å². The van der Waals surface area contributed by atoms with E-state index in [0.29, 0.717) is 12.0 Å². The molecule has 2 aromatic carbocycles. The van der Waals surface area contributed by atoms with Gasteiger partial charge in [0.05, 0.1) is 5.69 Å². The van der Waals surface area contributed by atoms with Crippen LogP contribution in [0, 0.1) is 0 Å². The highest BCUT2D eigenvalue weighted by Crippen LogP contribution is 2.50. The lowest BCUT2D eigenvalue weighted by Crippen LogP contribution is -2.48. The number of piperidine rings is 1. The maximum absolute atomic E-state index is 12.6. The molecule has 3 aliphatic rings. The monoisotopic (exact) mass is 407 g/mol. The van der Waals surface area contributed by atoms with Crippen molar-refractivity contribution in [1.82, 2.24) is 9.80 Å². The van der Waals surface area contributed by atoms with Crippen molar-refractivity contribution in [2.75, 3.05) is 50.4 Å². The summed E-state index contributed by atoms with van der Waals surface area (Å²) in [5.41, 5.74) is 3.86. The predicted octanol–water partition coefficient (Wildman–Crippen LogP) is 3.93. The molecule has 1 saturated heterocycles. The fourth-order valence-electron chi connectivity index (χ4n) is 5.21. The quantitative estimate of drug-likeness (QED) is 0.767. The Labute approximate surface area is 177 Å². The zero-order valence-electron chi connectivity index (χ0n) is 17.1. The molecule has 2 atom stereocenters. The van der Waals surface area contributed by atoms with Gasteiger partial charge in [0.15, 0.2) is 0 Å². The van der Waals surface area contributed by atoms with Crippen molar-refractivity contribution in [3.05, 3.63) is 59.7 Å². The van der Waals surface area contributed by atoms with Gasteiger partial charge in [0.1, 0.15) is 0 Å². The second-order valence-electron chi connectivity index (χ2n) is 8.45. The van der Waals surface area contributed by atoms with E-state index in [1.807, 2.05) is 54.0 Å². The second kappa shape index (κ2) is 8.04. The number of amides is 1. The molecule has 3 heterocycles. The maximum atomic E-state index is 12.6. The average Bonchev–Trinajstić information content (AvgIpc) is 2.92. The summed E-state index contributed by atoms with van der Waals surface area (Å²) in [5, 5.41) is 0. The first-order valence-corrected chi connectivity index (χ1v) is 11.8. The van der Waals surface area contributed by atoms with E-state index in [4.69, 9.17) is 0 Å². The normalized spacial score (nSPS) is 23.3. The van der Waals surface area contributed by atoms with Crippen LogP contribution in [-0.2, 0) is 0 Å². The van der Waals surface area contributed by atoms with E-state index in [-0.39, 0.29) is 5.91 Å². The number of hydrogen-bond donors (Lipinski definition) is 0. The largest absolute Gasteiger partial charge is 0.367 e. The van der Waals surface area contributed by atoms with E-state index in [1.54, 1.807) is 5.56 Å². The summed E-state index contributed by atoms with van der Waals surface area (Å²) in [6, 6.07) is 17.2. The van der Waals surface area contributed by atoms with Gasteiger partial charge in [-0.05, 0) is 42.4 Å². The molecule has 4 nitrogen and oxygen atoms in total. The number of anilines is 1. The van der Waals surface area contributed by atoms with Crippen molar-refractivity contribution < 1.29 is 4.79 Å². The first-order chi connectivity index (χ1) is 14.2. The smallest absolute Gasteiger partial charge is 0.253 e.